The molecule has 0 aliphatic carbocycles. The van der Waals surface area contributed by atoms with Gasteiger partial charge in [0.1, 0.15) is 0 Å². The van der Waals surface area contributed by atoms with E-state index >= 15 is 0 Å². The third kappa shape index (κ3) is 3.73. The van der Waals surface area contributed by atoms with Crippen molar-refractivity contribution in [3.8, 4) is 0 Å². The molecule has 132 valence electrons. The summed E-state index contributed by atoms with van der Waals surface area (Å²) in [5.74, 6) is 0.264. The number of carbonyl (C=O) groups excluding carboxylic acids is 1. The molecule has 3 rings (SSSR count). The summed E-state index contributed by atoms with van der Waals surface area (Å²) in [7, 11) is 0. The van der Waals surface area contributed by atoms with Crippen LogP contribution in [0.25, 0.3) is 0 Å². The zero-order valence-electron chi connectivity index (χ0n) is 14.4. The van der Waals surface area contributed by atoms with Crippen LogP contribution in [-0.4, -0.2) is 55.0 Å². The molecule has 2 unspecified atom stereocenters. The van der Waals surface area contributed by atoms with Crippen LogP contribution in [-0.2, 0) is 10.2 Å². The fourth-order valence-electron chi connectivity index (χ4n) is 3.71. The lowest BCUT2D eigenvalue weighted by atomic mass is 9.74. The van der Waals surface area contributed by atoms with Gasteiger partial charge in [0.2, 0.25) is 0 Å². The highest BCUT2D eigenvalue weighted by molar-refractivity contribution is 5.74. The van der Waals surface area contributed by atoms with E-state index in [0.29, 0.717) is 19.6 Å². The van der Waals surface area contributed by atoms with Crippen molar-refractivity contribution < 1.29 is 14.6 Å². The molecule has 0 radical (unpaired) electrons. The van der Waals surface area contributed by atoms with Crippen molar-refractivity contribution in [1.29, 1.82) is 0 Å². The van der Waals surface area contributed by atoms with Crippen molar-refractivity contribution in [2.24, 2.45) is 5.92 Å². The Morgan fingerprint density at radius 3 is 2.71 bits per heavy atom. The summed E-state index contributed by atoms with van der Waals surface area (Å²) in [5.41, 5.74) is 1.21. The Balaban J connectivity index is 1.65. The summed E-state index contributed by atoms with van der Waals surface area (Å²) in [6.07, 6.45) is 2.26. The predicted molar refractivity (Wildman–Crippen MR) is 92.9 cm³/mol. The molecule has 2 heterocycles. The average molecular weight is 332 g/mol. The maximum atomic E-state index is 12.5. The minimum atomic E-state index is -0.421. The van der Waals surface area contributed by atoms with Crippen LogP contribution in [0.4, 0.5) is 4.79 Å². The molecule has 1 aromatic rings. The number of rotatable bonds is 3. The number of ether oxygens (including phenoxy) is 1. The van der Waals surface area contributed by atoms with E-state index in [0.717, 1.165) is 32.5 Å². The van der Waals surface area contributed by atoms with E-state index in [-0.39, 0.29) is 17.4 Å². The molecule has 5 nitrogen and oxygen atoms in total. The molecular weight excluding hydrogens is 304 g/mol. The fourth-order valence-corrected chi connectivity index (χ4v) is 3.71. The van der Waals surface area contributed by atoms with Gasteiger partial charge >= 0.3 is 6.03 Å². The third-order valence-corrected chi connectivity index (χ3v) is 5.62. The maximum Gasteiger partial charge on any atom is 0.317 e. The molecule has 24 heavy (non-hydrogen) atoms. The van der Waals surface area contributed by atoms with Crippen molar-refractivity contribution in [3.63, 3.8) is 0 Å². The number of likely N-dealkylation sites (tertiary alicyclic amines) is 1. The van der Waals surface area contributed by atoms with Crippen molar-refractivity contribution in [2.75, 3.05) is 32.8 Å². The lowest BCUT2D eigenvalue weighted by Crippen LogP contribution is -2.52. The fraction of sp³-hybridized carbons (Fsp3) is 0.632. The second-order valence-corrected chi connectivity index (χ2v) is 7.20. The Morgan fingerprint density at radius 2 is 2.04 bits per heavy atom. The molecule has 0 saturated carbocycles. The number of benzene rings is 1. The van der Waals surface area contributed by atoms with Crippen molar-refractivity contribution in [3.05, 3.63) is 35.9 Å². The molecule has 2 atom stereocenters. The van der Waals surface area contributed by atoms with E-state index in [1.54, 1.807) is 4.90 Å². The maximum absolute atomic E-state index is 12.5. The van der Waals surface area contributed by atoms with E-state index in [1.807, 2.05) is 13.0 Å². The second-order valence-electron chi connectivity index (χ2n) is 7.20. The monoisotopic (exact) mass is 332 g/mol. The minimum absolute atomic E-state index is 0.0587. The SMILES string of the molecule is CC1CCN(C(=O)NCC2(c3ccccc3)CCOCC2)CC1O. The van der Waals surface area contributed by atoms with Crippen LogP contribution < -0.4 is 5.32 Å². The van der Waals surface area contributed by atoms with E-state index in [4.69, 9.17) is 4.74 Å². The van der Waals surface area contributed by atoms with Gasteiger partial charge in [0.15, 0.2) is 0 Å². The van der Waals surface area contributed by atoms with Crippen molar-refractivity contribution in [1.82, 2.24) is 10.2 Å². The van der Waals surface area contributed by atoms with Gasteiger partial charge in [0.05, 0.1) is 6.10 Å². The van der Waals surface area contributed by atoms with Gasteiger partial charge in [-0.15, -0.1) is 0 Å². The Bertz CT molecular complexity index is 543. The number of nitrogens with one attached hydrogen (secondary N) is 1. The first kappa shape index (κ1) is 17.2. The van der Waals surface area contributed by atoms with E-state index < -0.39 is 6.10 Å². The lowest BCUT2D eigenvalue weighted by Gasteiger charge is -2.39. The Labute approximate surface area is 144 Å². The predicted octanol–water partition coefficient (Wildman–Crippen LogP) is 2.15. The van der Waals surface area contributed by atoms with Gasteiger partial charge in [-0.05, 0) is 30.7 Å². The number of nitrogens with zero attached hydrogens (tertiary/aromatic N) is 1. The summed E-state index contributed by atoms with van der Waals surface area (Å²) in [6.45, 7) is 5.24. The van der Waals surface area contributed by atoms with Crippen LogP contribution in [0.3, 0.4) is 0 Å². The van der Waals surface area contributed by atoms with Crippen LogP contribution >= 0.6 is 0 Å². The Kier molecular flexibility index (Phi) is 5.41. The summed E-state index contributed by atoms with van der Waals surface area (Å²) in [5, 5.41) is 13.1. The topological polar surface area (TPSA) is 61.8 Å². The molecule has 2 saturated heterocycles. The first-order chi connectivity index (χ1) is 11.6. The summed E-state index contributed by atoms with van der Waals surface area (Å²) in [6, 6.07) is 10.3. The zero-order chi connectivity index (χ0) is 17.0. The normalized spacial score (nSPS) is 26.8. The lowest BCUT2D eigenvalue weighted by molar-refractivity contribution is 0.0389. The standard InChI is InChI=1S/C19H28N2O3/c1-15-7-10-21(13-17(15)22)18(23)20-14-19(8-11-24-12-9-19)16-5-3-2-4-6-16/h2-6,15,17,22H,7-14H2,1H3,(H,20,23). The smallest absolute Gasteiger partial charge is 0.317 e. The number of urea groups is 1. The highest BCUT2D eigenvalue weighted by Gasteiger charge is 2.35. The van der Waals surface area contributed by atoms with E-state index in [1.165, 1.54) is 5.56 Å². The number of β-amino-alcohol motifs (C(OH)–C–C–N with tert-alkyl or cyclic N) is 1. The summed E-state index contributed by atoms with van der Waals surface area (Å²) in [4.78, 5) is 14.3. The van der Waals surface area contributed by atoms with Crippen LogP contribution in [0.1, 0.15) is 31.7 Å². The largest absolute Gasteiger partial charge is 0.391 e. The van der Waals surface area contributed by atoms with Gasteiger partial charge in [-0.1, -0.05) is 37.3 Å². The summed E-state index contributed by atoms with van der Waals surface area (Å²) >= 11 is 0. The molecule has 2 N–H and O–H groups in total. The quantitative estimate of drug-likeness (QED) is 0.891. The Hall–Kier alpha value is -1.59. The van der Waals surface area contributed by atoms with Gasteiger partial charge in [0.25, 0.3) is 0 Å². The van der Waals surface area contributed by atoms with E-state index in [9.17, 15) is 9.90 Å². The molecule has 2 aliphatic heterocycles. The molecule has 5 heteroatoms. The van der Waals surface area contributed by atoms with Crippen molar-refractivity contribution in [2.45, 2.75) is 37.7 Å². The molecule has 2 amide bonds. The zero-order valence-corrected chi connectivity index (χ0v) is 14.4. The molecule has 0 spiro atoms. The molecule has 0 bridgehead atoms. The number of piperidine rings is 1. The highest BCUT2D eigenvalue weighted by Crippen LogP contribution is 2.34. The molecule has 1 aromatic carbocycles. The molecule has 2 aliphatic rings. The van der Waals surface area contributed by atoms with Gasteiger partial charge in [-0.25, -0.2) is 4.79 Å². The summed E-state index contributed by atoms with van der Waals surface area (Å²) < 4.78 is 5.54. The number of hydrogen-bond acceptors (Lipinski definition) is 3. The first-order valence-electron chi connectivity index (χ1n) is 8.95. The molecular formula is C19H28N2O3. The number of carbonyl (C=O) groups is 1. The Morgan fingerprint density at radius 1 is 1.33 bits per heavy atom. The second kappa shape index (κ2) is 7.53. The van der Waals surface area contributed by atoms with Gasteiger partial charge in [-0.2, -0.15) is 0 Å². The van der Waals surface area contributed by atoms with Crippen molar-refractivity contribution >= 4 is 6.03 Å². The number of aliphatic hydroxyl groups excluding tert-OH is 1. The molecule has 0 aromatic heterocycles. The number of aliphatic hydroxyl groups is 1. The van der Waals surface area contributed by atoms with Crippen LogP contribution in [0.5, 0.6) is 0 Å². The van der Waals surface area contributed by atoms with Crippen LogP contribution in [0.15, 0.2) is 30.3 Å². The van der Waals surface area contributed by atoms with E-state index in [2.05, 4.69) is 29.6 Å². The van der Waals surface area contributed by atoms with Crippen LogP contribution in [0, 0.1) is 5.92 Å². The van der Waals surface area contributed by atoms with Gasteiger partial charge in [0, 0.05) is 38.3 Å². The number of amides is 2. The minimum Gasteiger partial charge on any atom is -0.391 e. The molecule has 2 fully saturated rings. The highest BCUT2D eigenvalue weighted by atomic mass is 16.5. The number of hydrogen-bond donors (Lipinski definition) is 2. The third-order valence-electron chi connectivity index (χ3n) is 5.62. The van der Waals surface area contributed by atoms with Gasteiger partial charge in [-0.3, -0.25) is 0 Å². The van der Waals surface area contributed by atoms with Gasteiger partial charge < -0.3 is 20.1 Å². The van der Waals surface area contributed by atoms with Crippen LogP contribution in [0.2, 0.25) is 0 Å². The average Bonchev–Trinajstić information content (AvgIpc) is 2.63. The first-order valence-corrected chi connectivity index (χ1v) is 8.95.